The smallest absolute Gasteiger partial charge is 0.0106 e. The van der Waals surface area contributed by atoms with Gasteiger partial charge in [-0.1, -0.05) is 55.5 Å². The average Bonchev–Trinajstić information content (AvgIpc) is 2.48. The minimum atomic E-state index is 0.750. The summed E-state index contributed by atoms with van der Waals surface area (Å²) in [4.78, 5) is 0. The molecule has 0 radical (unpaired) electrons. The third kappa shape index (κ3) is 4.05. The van der Waals surface area contributed by atoms with Crippen molar-refractivity contribution in [1.82, 2.24) is 0 Å². The molecule has 3 rings (SSSR count). The summed E-state index contributed by atoms with van der Waals surface area (Å²) in [6, 6.07) is 21.4. The number of nitrogens with two attached hydrogens (primary N) is 2. The van der Waals surface area contributed by atoms with Crippen LogP contribution in [0.4, 0.5) is 0 Å². The number of hydrogen-bond donors (Lipinski definition) is 2. The lowest BCUT2D eigenvalue weighted by molar-refractivity contribution is 1.14. The summed E-state index contributed by atoms with van der Waals surface area (Å²) in [5.74, 6) is 0. The largest absolute Gasteiger partial charge is 0.333 e. The first-order chi connectivity index (χ1) is 9.35. The monoisotopic (exact) mass is 254 g/mol. The van der Waals surface area contributed by atoms with E-state index in [1.807, 2.05) is 6.92 Å². The number of fused-ring (bicyclic) bond motifs is 2. The van der Waals surface area contributed by atoms with Crippen LogP contribution in [0.25, 0.3) is 21.5 Å². The second-order valence-electron chi connectivity index (χ2n) is 3.95. The second kappa shape index (κ2) is 8.25. The molecule has 3 aromatic carbocycles. The maximum Gasteiger partial charge on any atom is -0.0106 e. The van der Waals surface area contributed by atoms with Gasteiger partial charge in [0, 0.05) is 0 Å². The summed E-state index contributed by atoms with van der Waals surface area (Å²) < 4.78 is 0. The topological polar surface area (TPSA) is 52.0 Å². The standard InChI is InChI=1S/C14H10.C2H7N.CH5N/c1-2-6-12-10-14-8-4-3-7-13(14)9-11(12)5-1;1-2-3;1-2/h1-10H;2-3H2,1H3;2H2,1H3. The number of rotatable bonds is 0. The molecule has 0 spiro atoms. The molecule has 0 atom stereocenters. The van der Waals surface area contributed by atoms with Crippen molar-refractivity contribution < 1.29 is 0 Å². The van der Waals surface area contributed by atoms with E-state index >= 15 is 0 Å². The normalized spacial score (nSPS) is 9.26. The van der Waals surface area contributed by atoms with E-state index in [0.29, 0.717) is 0 Å². The Hall–Kier alpha value is -1.90. The van der Waals surface area contributed by atoms with Gasteiger partial charge in [-0.3, -0.25) is 0 Å². The van der Waals surface area contributed by atoms with Crippen molar-refractivity contribution in [2.75, 3.05) is 13.6 Å². The zero-order valence-electron chi connectivity index (χ0n) is 11.6. The highest BCUT2D eigenvalue weighted by Gasteiger charge is 1.95. The highest BCUT2D eigenvalue weighted by Crippen LogP contribution is 2.21. The van der Waals surface area contributed by atoms with Gasteiger partial charge in [-0.25, -0.2) is 0 Å². The first kappa shape index (κ1) is 15.2. The fraction of sp³-hybridized carbons (Fsp3) is 0.176. The third-order valence-corrected chi connectivity index (χ3v) is 2.61. The minimum absolute atomic E-state index is 0.750. The molecular weight excluding hydrogens is 232 g/mol. The molecule has 4 N–H and O–H groups in total. The van der Waals surface area contributed by atoms with Crippen LogP contribution < -0.4 is 11.5 Å². The molecule has 19 heavy (non-hydrogen) atoms. The molecule has 3 aromatic rings. The van der Waals surface area contributed by atoms with E-state index < -0.39 is 0 Å². The van der Waals surface area contributed by atoms with Crippen molar-refractivity contribution in [2.24, 2.45) is 11.5 Å². The van der Waals surface area contributed by atoms with Gasteiger partial charge in [0.25, 0.3) is 0 Å². The van der Waals surface area contributed by atoms with Crippen LogP contribution in [0.5, 0.6) is 0 Å². The van der Waals surface area contributed by atoms with Gasteiger partial charge < -0.3 is 11.5 Å². The summed E-state index contributed by atoms with van der Waals surface area (Å²) in [6.45, 7) is 2.65. The third-order valence-electron chi connectivity index (χ3n) is 2.61. The predicted octanol–water partition coefficient (Wildman–Crippen LogP) is 3.53. The predicted molar refractivity (Wildman–Crippen MR) is 86.3 cm³/mol. The van der Waals surface area contributed by atoms with Crippen molar-refractivity contribution >= 4 is 21.5 Å². The van der Waals surface area contributed by atoms with Crippen LogP contribution in [0, 0.1) is 0 Å². The Morgan fingerprint density at radius 3 is 1.11 bits per heavy atom. The van der Waals surface area contributed by atoms with Crippen LogP contribution in [-0.2, 0) is 0 Å². The van der Waals surface area contributed by atoms with Gasteiger partial charge in [0.05, 0.1) is 0 Å². The highest BCUT2D eigenvalue weighted by atomic mass is 14.5. The van der Waals surface area contributed by atoms with E-state index in [0.717, 1.165) is 6.54 Å². The summed E-state index contributed by atoms with van der Waals surface area (Å²) in [7, 11) is 1.50. The Labute approximate surface area is 115 Å². The molecule has 0 heterocycles. The maximum atomic E-state index is 4.85. The number of benzene rings is 3. The van der Waals surface area contributed by atoms with E-state index in [1.165, 1.54) is 28.6 Å². The molecule has 0 aliphatic heterocycles. The van der Waals surface area contributed by atoms with Gasteiger partial charge in [-0.15, -0.1) is 0 Å². The quantitative estimate of drug-likeness (QED) is 0.603. The van der Waals surface area contributed by atoms with Crippen LogP contribution in [0.2, 0.25) is 0 Å². The SMILES string of the molecule is CCN.CN.c1ccc2cc3ccccc3cc2c1. The second-order valence-corrected chi connectivity index (χ2v) is 3.95. The zero-order chi connectivity index (χ0) is 14.1. The van der Waals surface area contributed by atoms with Crippen molar-refractivity contribution in [3.05, 3.63) is 60.7 Å². The summed E-state index contributed by atoms with van der Waals surface area (Å²) in [5, 5.41) is 5.25. The fourth-order valence-corrected chi connectivity index (χ4v) is 1.88. The van der Waals surface area contributed by atoms with Crippen LogP contribution in [0.1, 0.15) is 6.92 Å². The summed E-state index contributed by atoms with van der Waals surface area (Å²) >= 11 is 0. The van der Waals surface area contributed by atoms with E-state index in [-0.39, 0.29) is 0 Å². The summed E-state index contributed by atoms with van der Waals surface area (Å²) in [5.41, 5.74) is 9.35. The van der Waals surface area contributed by atoms with Crippen molar-refractivity contribution in [3.63, 3.8) is 0 Å². The highest BCUT2D eigenvalue weighted by molar-refractivity contribution is 5.98. The van der Waals surface area contributed by atoms with Gasteiger partial charge >= 0.3 is 0 Å². The first-order valence-electron chi connectivity index (χ1n) is 6.50. The van der Waals surface area contributed by atoms with Crippen molar-refractivity contribution in [3.8, 4) is 0 Å². The Bertz CT molecular complexity index is 512. The van der Waals surface area contributed by atoms with Crippen molar-refractivity contribution in [2.45, 2.75) is 6.92 Å². The van der Waals surface area contributed by atoms with Gasteiger partial charge in [0.1, 0.15) is 0 Å². The van der Waals surface area contributed by atoms with E-state index in [9.17, 15) is 0 Å². The molecule has 2 nitrogen and oxygen atoms in total. The molecule has 0 unspecified atom stereocenters. The van der Waals surface area contributed by atoms with Gasteiger partial charge in [0.2, 0.25) is 0 Å². The van der Waals surface area contributed by atoms with Gasteiger partial charge in [-0.2, -0.15) is 0 Å². The van der Waals surface area contributed by atoms with Crippen molar-refractivity contribution in [1.29, 1.82) is 0 Å². The van der Waals surface area contributed by atoms with E-state index in [1.54, 1.807) is 0 Å². The lowest BCUT2D eigenvalue weighted by Crippen LogP contribution is -1.87. The minimum Gasteiger partial charge on any atom is -0.333 e. The molecule has 0 amide bonds. The van der Waals surface area contributed by atoms with Crippen LogP contribution in [-0.4, -0.2) is 13.6 Å². The Morgan fingerprint density at radius 1 is 0.684 bits per heavy atom. The molecule has 0 fully saturated rings. The molecule has 0 bridgehead atoms. The Kier molecular flexibility index (Phi) is 6.58. The Morgan fingerprint density at radius 2 is 0.895 bits per heavy atom. The fourth-order valence-electron chi connectivity index (χ4n) is 1.88. The van der Waals surface area contributed by atoms with Crippen LogP contribution in [0.3, 0.4) is 0 Å². The molecule has 0 aromatic heterocycles. The van der Waals surface area contributed by atoms with Crippen LogP contribution >= 0.6 is 0 Å². The average molecular weight is 254 g/mol. The maximum absolute atomic E-state index is 4.85. The first-order valence-corrected chi connectivity index (χ1v) is 6.50. The van der Waals surface area contributed by atoms with E-state index in [4.69, 9.17) is 5.73 Å². The van der Waals surface area contributed by atoms with Gasteiger partial charge in [-0.05, 0) is 47.3 Å². The Balaban J connectivity index is 0.000000321. The summed E-state index contributed by atoms with van der Waals surface area (Å²) in [6.07, 6.45) is 0. The molecule has 0 aliphatic carbocycles. The lowest BCUT2D eigenvalue weighted by atomic mass is 10.0. The molecule has 2 heteroatoms. The van der Waals surface area contributed by atoms with Crippen LogP contribution in [0.15, 0.2) is 60.7 Å². The number of hydrogen-bond acceptors (Lipinski definition) is 2. The zero-order valence-corrected chi connectivity index (χ0v) is 11.6. The lowest BCUT2D eigenvalue weighted by Gasteiger charge is -2.00. The molecule has 0 saturated carbocycles. The van der Waals surface area contributed by atoms with Gasteiger partial charge in [0.15, 0.2) is 0 Å². The molecule has 0 saturated heterocycles. The van der Waals surface area contributed by atoms with E-state index in [2.05, 4.69) is 66.4 Å². The molecular formula is C17H22N2. The molecule has 0 aliphatic rings. The molecule has 100 valence electrons.